The fraction of sp³-hybridized carbons (Fsp3) is 1.00. The van der Waals surface area contributed by atoms with Gasteiger partial charge >= 0.3 is 0 Å². The van der Waals surface area contributed by atoms with Gasteiger partial charge in [0.2, 0.25) is 0 Å². The van der Waals surface area contributed by atoms with Gasteiger partial charge in [-0.2, -0.15) is 0 Å². The van der Waals surface area contributed by atoms with Gasteiger partial charge in [-0.1, -0.05) is 20.3 Å². The summed E-state index contributed by atoms with van der Waals surface area (Å²) in [6, 6.07) is 0. The van der Waals surface area contributed by atoms with Crippen LogP contribution in [0.2, 0.25) is 0 Å². The van der Waals surface area contributed by atoms with E-state index in [1.54, 1.807) is 51.4 Å². The first kappa shape index (κ1) is 13.2. The Balaban J connectivity index is 1.68. The van der Waals surface area contributed by atoms with E-state index in [9.17, 15) is 0 Å². The van der Waals surface area contributed by atoms with E-state index in [4.69, 9.17) is 0 Å². The predicted octanol–water partition coefficient (Wildman–Crippen LogP) is 1.62. The maximum Gasteiger partial charge on any atom is 0.275 e. The fourth-order valence-electron chi connectivity index (χ4n) is 3.30. The van der Waals surface area contributed by atoms with Crippen molar-refractivity contribution in [1.82, 2.24) is 0 Å². The van der Waals surface area contributed by atoms with Crippen molar-refractivity contribution in [2.24, 2.45) is 11.8 Å². The monoisotopic (exact) mass is 335 g/mol. The van der Waals surface area contributed by atoms with Crippen molar-refractivity contribution < 1.29 is 21.2 Å². The maximum atomic E-state index is 2.42. The highest BCUT2D eigenvalue weighted by Gasteiger charge is 2.36. The molecule has 0 aromatic carbocycles. The highest BCUT2D eigenvalue weighted by atomic mass is 127. The second kappa shape index (κ2) is 6.61. The molecular formula is C15H28I+. The predicted molar refractivity (Wildman–Crippen MR) is 67.5 cm³/mol. The normalized spacial score (nSPS) is 33.2. The molecule has 0 amide bonds. The number of halogens is 1. The Hall–Kier alpha value is 0.730. The molecule has 94 valence electrons. The highest BCUT2D eigenvalue weighted by Crippen LogP contribution is 2.28. The van der Waals surface area contributed by atoms with Gasteiger partial charge in [-0.25, -0.2) is 0 Å². The van der Waals surface area contributed by atoms with Gasteiger partial charge in [0.25, 0.3) is 21.2 Å². The van der Waals surface area contributed by atoms with Gasteiger partial charge in [0.15, 0.2) is 7.85 Å². The lowest BCUT2D eigenvalue weighted by atomic mass is 9.82. The summed E-state index contributed by atoms with van der Waals surface area (Å²) < 4.78 is 2.42. The molecule has 0 aromatic heterocycles. The molecule has 0 spiro atoms. The number of hydrogen-bond donors (Lipinski definition) is 0. The first-order valence-electron chi connectivity index (χ1n) is 7.37. The summed E-state index contributed by atoms with van der Waals surface area (Å²) in [6.45, 7) is 4.84. The Morgan fingerprint density at radius 3 is 1.88 bits per heavy atom. The number of hydrogen-bond acceptors (Lipinski definition) is 0. The minimum Gasteiger partial charge on any atom is -0.0625 e. The Labute approximate surface area is 112 Å². The van der Waals surface area contributed by atoms with Crippen LogP contribution in [0.1, 0.15) is 71.6 Å². The lowest BCUT2D eigenvalue weighted by molar-refractivity contribution is -0.726. The van der Waals surface area contributed by atoms with Gasteiger partial charge in [0, 0.05) is 0 Å². The average Bonchev–Trinajstić information content (AvgIpc) is 2.31. The Bertz CT molecular complexity index is 186. The standard InChI is InChI=1S/C15H28I/c1-12(2)13-8-10-15(11-9-13)16-14-6-4-3-5-7-14/h12-15H,3-11H2,1-2H3/q+1. The first-order chi connectivity index (χ1) is 7.75. The molecule has 0 aliphatic heterocycles. The molecule has 2 rings (SSSR count). The summed E-state index contributed by atoms with van der Waals surface area (Å²) >= 11 is 0.543. The van der Waals surface area contributed by atoms with Crippen molar-refractivity contribution in [2.75, 3.05) is 0 Å². The number of alkyl halides is 2. The van der Waals surface area contributed by atoms with Crippen LogP contribution in [0, 0.1) is 11.8 Å². The van der Waals surface area contributed by atoms with Gasteiger partial charge in [-0.15, -0.1) is 0 Å². The van der Waals surface area contributed by atoms with Gasteiger partial charge in [-0.05, 0) is 63.2 Å². The molecule has 2 saturated carbocycles. The summed E-state index contributed by atoms with van der Waals surface area (Å²) in [5.41, 5.74) is 0. The van der Waals surface area contributed by atoms with Gasteiger partial charge < -0.3 is 0 Å². The Morgan fingerprint density at radius 1 is 0.750 bits per heavy atom. The van der Waals surface area contributed by atoms with Crippen LogP contribution < -0.4 is 21.2 Å². The molecular weight excluding hydrogens is 307 g/mol. The van der Waals surface area contributed by atoms with E-state index in [0.29, 0.717) is 21.2 Å². The molecule has 0 unspecified atom stereocenters. The van der Waals surface area contributed by atoms with Crippen LogP contribution in [0.5, 0.6) is 0 Å². The van der Waals surface area contributed by atoms with Crippen molar-refractivity contribution in [3.8, 4) is 0 Å². The minimum atomic E-state index is 0.543. The minimum absolute atomic E-state index is 0.543. The van der Waals surface area contributed by atoms with E-state index in [1.165, 1.54) is 14.3 Å². The van der Waals surface area contributed by atoms with E-state index in [1.807, 2.05) is 0 Å². The molecule has 2 aliphatic rings. The van der Waals surface area contributed by atoms with Gasteiger partial charge in [0.1, 0.15) is 0 Å². The lowest BCUT2D eigenvalue weighted by Gasteiger charge is -2.27. The molecule has 0 nitrogen and oxygen atoms in total. The molecule has 0 aromatic rings. The summed E-state index contributed by atoms with van der Waals surface area (Å²) in [5, 5.41) is 0. The summed E-state index contributed by atoms with van der Waals surface area (Å²) in [4.78, 5) is 0. The molecule has 0 saturated heterocycles. The van der Waals surface area contributed by atoms with Crippen LogP contribution >= 0.6 is 0 Å². The smallest absolute Gasteiger partial charge is 0.0625 e. The van der Waals surface area contributed by atoms with Crippen LogP contribution in [-0.2, 0) is 0 Å². The van der Waals surface area contributed by atoms with E-state index in [0.717, 1.165) is 11.8 Å². The van der Waals surface area contributed by atoms with Crippen LogP contribution in [0.4, 0.5) is 0 Å². The van der Waals surface area contributed by atoms with Crippen LogP contribution in [0.3, 0.4) is 0 Å². The van der Waals surface area contributed by atoms with Crippen LogP contribution in [-0.4, -0.2) is 7.85 Å². The zero-order valence-corrected chi connectivity index (χ0v) is 13.2. The zero-order chi connectivity index (χ0) is 11.4. The summed E-state index contributed by atoms with van der Waals surface area (Å²) in [7, 11) is 0. The quantitative estimate of drug-likeness (QED) is 0.543. The average molecular weight is 335 g/mol. The van der Waals surface area contributed by atoms with E-state index in [2.05, 4.69) is 13.8 Å². The third-order valence-corrected chi connectivity index (χ3v) is 9.06. The largest absolute Gasteiger partial charge is 0.275 e. The topological polar surface area (TPSA) is 0 Å². The van der Waals surface area contributed by atoms with E-state index in [-0.39, 0.29) is 0 Å². The second-order valence-corrected chi connectivity index (χ2v) is 10.4. The molecule has 1 heteroatoms. The number of rotatable bonds is 3. The zero-order valence-electron chi connectivity index (χ0n) is 11.1. The summed E-state index contributed by atoms with van der Waals surface area (Å²) in [6.07, 6.45) is 14.1. The van der Waals surface area contributed by atoms with Crippen molar-refractivity contribution in [3.05, 3.63) is 0 Å². The first-order valence-corrected chi connectivity index (χ1v) is 9.87. The Kier molecular flexibility index (Phi) is 5.44. The molecule has 2 fully saturated rings. The fourth-order valence-corrected chi connectivity index (χ4v) is 7.78. The lowest BCUT2D eigenvalue weighted by Crippen LogP contribution is -3.68. The molecule has 0 N–H and O–H groups in total. The Morgan fingerprint density at radius 2 is 1.31 bits per heavy atom. The van der Waals surface area contributed by atoms with E-state index < -0.39 is 0 Å². The van der Waals surface area contributed by atoms with Crippen LogP contribution in [0.25, 0.3) is 0 Å². The van der Waals surface area contributed by atoms with Gasteiger partial charge in [-0.3, -0.25) is 0 Å². The van der Waals surface area contributed by atoms with Gasteiger partial charge in [0.05, 0.1) is 0 Å². The molecule has 0 bridgehead atoms. The SMILES string of the molecule is CC(C)C1CCC([I+]C2CCCCC2)CC1. The third-order valence-electron chi connectivity index (χ3n) is 4.54. The van der Waals surface area contributed by atoms with Crippen molar-refractivity contribution in [3.63, 3.8) is 0 Å². The van der Waals surface area contributed by atoms with Crippen LogP contribution in [0.15, 0.2) is 0 Å². The third kappa shape index (κ3) is 3.89. The molecule has 0 atom stereocenters. The van der Waals surface area contributed by atoms with Crippen molar-refractivity contribution >= 4 is 0 Å². The molecule has 2 aliphatic carbocycles. The molecule has 0 heterocycles. The maximum absolute atomic E-state index is 2.42. The summed E-state index contributed by atoms with van der Waals surface area (Å²) in [5.74, 6) is 2.00. The molecule has 16 heavy (non-hydrogen) atoms. The highest BCUT2D eigenvalue weighted by molar-refractivity contribution is 4.74. The van der Waals surface area contributed by atoms with Crippen molar-refractivity contribution in [2.45, 2.75) is 79.5 Å². The molecule has 0 radical (unpaired) electrons. The van der Waals surface area contributed by atoms with E-state index >= 15 is 0 Å². The second-order valence-electron chi connectivity index (χ2n) is 6.12. The van der Waals surface area contributed by atoms with Crippen molar-refractivity contribution in [1.29, 1.82) is 0 Å².